The number of halogens is 1. The SMILES string of the molecule is CNC(=O)C(C)(CNC(=O)C1=CC=IC=C1)C(=O)O. The predicted molar refractivity (Wildman–Crippen MR) is 80.1 cm³/mol. The fraction of sp³-hybridized carbons (Fsp3) is 0.333. The molecule has 2 amide bonds. The van der Waals surface area contributed by atoms with Gasteiger partial charge in [0.15, 0.2) is 5.41 Å². The molecule has 104 valence electrons. The highest BCUT2D eigenvalue weighted by Crippen LogP contribution is 2.16. The van der Waals surface area contributed by atoms with E-state index in [1.54, 1.807) is 12.2 Å². The van der Waals surface area contributed by atoms with Gasteiger partial charge in [0, 0.05) is 19.2 Å². The van der Waals surface area contributed by atoms with Crippen LogP contribution in [0.2, 0.25) is 0 Å². The molecule has 1 aliphatic heterocycles. The Balaban J connectivity index is 2.73. The number of allylic oxidation sites excluding steroid dienone is 1. The van der Waals surface area contributed by atoms with Crippen LogP contribution in [0.3, 0.4) is 0 Å². The highest BCUT2D eigenvalue weighted by Gasteiger charge is 2.41. The molecule has 0 bridgehead atoms. The van der Waals surface area contributed by atoms with Crippen molar-refractivity contribution in [1.29, 1.82) is 0 Å². The van der Waals surface area contributed by atoms with Crippen LogP contribution in [0.15, 0.2) is 21.8 Å². The quantitative estimate of drug-likeness (QED) is 0.470. The summed E-state index contributed by atoms with van der Waals surface area (Å²) < 4.78 is 3.87. The molecule has 1 unspecified atom stereocenters. The topological polar surface area (TPSA) is 95.5 Å². The lowest BCUT2D eigenvalue weighted by Crippen LogP contribution is -2.50. The number of carbonyl (C=O) groups is 3. The van der Waals surface area contributed by atoms with Crippen molar-refractivity contribution in [3.63, 3.8) is 0 Å². The fourth-order valence-corrected chi connectivity index (χ4v) is 2.78. The zero-order valence-electron chi connectivity index (χ0n) is 10.6. The van der Waals surface area contributed by atoms with E-state index in [9.17, 15) is 14.4 Å². The molecule has 1 heterocycles. The Morgan fingerprint density at radius 1 is 1.42 bits per heavy atom. The van der Waals surface area contributed by atoms with E-state index in [0.717, 1.165) is 0 Å². The van der Waals surface area contributed by atoms with Gasteiger partial charge in [0.05, 0.1) is 0 Å². The van der Waals surface area contributed by atoms with E-state index in [1.807, 2.05) is 8.09 Å². The Hall–Kier alpha value is -1.51. The molecule has 0 aliphatic carbocycles. The number of aliphatic carboxylic acids is 1. The van der Waals surface area contributed by atoms with Crippen molar-refractivity contribution in [3.05, 3.63) is 21.8 Å². The number of carboxylic acids is 1. The van der Waals surface area contributed by atoms with E-state index in [0.29, 0.717) is 5.57 Å². The number of amides is 2. The summed E-state index contributed by atoms with van der Waals surface area (Å²) in [5, 5.41) is 13.9. The van der Waals surface area contributed by atoms with Gasteiger partial charge in [-0.25, -0.2) is 0 Å². The van der Waals surface area contributed by atoms with Gasteiger partial charge in [-0.1, -0.05) is 20.7 Å². The first-order valence-corrected chi connectivity index (χ1v) is 7.96. The van der Waals surface area contributed by atoms with Crippen molar-refractivity contribution in [1.82, 2.24) is 10.6 Å². The Labute approximate surface area is 120 Å². The van der Waals surface area contributed by atoms with Crippen molar-refractivity contribution in [2.24, 2.45) is 5.41 Å². The second-order valence-corrected chi connectivity index (χ2v) is 6.22. The highest BCUT2D eigenvalue weighted by atomic mass is 127. The van der Waals surface area contributed by atoms with Crippen molar-refractivity contribution < 1.29 is 19.5 Å². The maximum atomic E-state index is 11.8. The van der Waals surface area contributed by atoms with Gasteiger partial charge in [-0.3, -0.25) is 14.4 Å². The zero-order chi connectivity index (χ0) is 14.5. The fourth-order valence-electron chi connectivity index (χ4n) is 1.35. The summed E-state index contributed by atoms with van der Waals surface area (Å²) in [4.78, 5) is 34.6. The maximum Gasteiger partial charge on any atom is 0.320 e. The monoisotopic (exact) mass is 378 g/mol. The molecular weight excluding hydrogens is 363 g/mol. The van der Waals surface area contributed by atoms with E-state index in [1.165, 1.54) is 14.0 Å². The summed E-state index contributed by atoms with van der Waals surface area (Å²) in [6, 6.07) is 0. The Bertz CT molecular complexity index is 496. The standard InChI is InChI=1S/C12H15IN2O4/c1-12(11(18)19,10(17)14-2)7-15-9(16)8-3-5-13-6-4-8/h3-6H,7H2,1-2H3,(H,14,17)(H,15,16)(H,18,19). The summed E-state index contributed by atoms with van der Waals surface area (Å²) in [6.07, 6.45) is 3.42. The maximum absolute atomic E-state index is 11.8. The molecule has 1 aliphatic rings. The van der Waals surface area contributed by atoms with E-state index in [4.69, 9.17) is 5.11 Å². The van der Waals surface area contributed by atoms with Crippen LogP contribution in [-0.2, 0) is 14.4 Å². The average Bonchev–Trinajstić information content (AvgIpc) is 2.44. The van der Waals surface area contributed by atoms with Gasteiger partial charge >= 0.3 is 5.97 Å². The lowest BCUT2D eigenvalue weighted by atomic mass is 9.89. The third-order valence-corrected chi connectivity index (χ3v) is 4.25. The van der Waals surface area contributed by atoms with Crippen LogP contribution in [0, 0.1) is 5.41 Å². The largest absolute Gasteiger partial charge is 0.480 e. The van der Waals surface area contributed by atoms with E-state index >= 15 is 0 Å². The molecule has 1 atom stereocenters. The number of nitrogens with one attached hydrogen (secondary N) is 2. The molecule has 0 aromatic carbocycles. The predicted octanol–water partition coefficient (Wildman–Crippen LogP) is 0.166. The summed E-state index contributed by atoms with van der Waals surface area (Å²) in [7, 11) is 1.36. The number of rotatable bonds is 5. The molecule has 0 aromatic heterocycles. The van der Waals surface area contributed by atoms with Crippen molar-refractivity contribution in [3.8, 4) is 0 Å². The molecule has 19 heavy (non-hydrogen) atoms. The summed E-state index contributed by atoms with van der Waals surface area (Å²) in [5.41, 5.74) is -1.21. The van der Waals surface area contributed by atoms with Crippen molar-refractivity contribution in [2.45, 2.75) is 6.92 Å². The molecule has 0 spiro atoms. The molecule has 6 nitrogen and oxygen atoms in total. The lowest BCUT2D eigenvalue weighted by molar-refractivity contribution is -0.154. The number of carboxylic acid groups (broad SMARTS) is 1. The lowest BCUT2D eigenvalue weighted by Gasteiger charge is -2.23. The van der Waals surface area contributed by atoms with Gasteiger partial charge in [0.1, 0.15) is 0 Å². The minimum absolute atomic E-state index is 0.115. The first-order valence-electron chi connectivity index (χ1n) is 5.47. The second-order valence-electron chi connectivity index (χ2n) is 4.07. The minimum atomic E-state index is -1.68. The molecule has 7 heteroatoms. The van der Waals surface area contributed by atoms with Crippen LogP contribution in [0.5, 0.6) is 0 Å². The van der Waals surface area contributed by atoms with Gasteiger partial charge in [-0.2, -0.15) is 0 Å². The summed E-state index contributed by atoms with van der Waals surface area (Å²) in [6.45, 7) is 1.01. The Kier molecular flexibility index (Phi) is 5.40. The molecule has 3 N–H and O–H groups in total. The van der Waals surface area contributed by atoms with Crippen molar-refractivity contribution in [2.75, 3.05) is 13.6 Å². The molecule has 0 radical (unpaired) electrons. The average molecular weight is 378 g/mol. The van der Waals surface area contributed by atoms with Gasteiger partial charge in [0.2, 0.25) is 5.91 Å². The summed E-state index contributed by atoms with van der Waals surface area (Å²) >= 11 is -0.115. The van der Waals surface area contributed by atoms with E-state index in [2.05, 4.69) is 10.6 Å². The third-order valence-electron chi connectivity index (χ3n) is 2.70. The number of carbonyl (C=O) groups excluding carboxylic acids is 2. The first-order chi connectivity index (χ1) is 8.91. The first kappa shape index (κ1) is 15.5. The molecule has 0 saturated carbocycles. The minimum Gasteiger partial charge on any atom is -0.480 e. The Morgan fingerprint density at radius 2 is 2.11 bits per heavy atom. The van der Waals surface area contributed by atoms with Crippen LogP contribution in [0.25, 0.3) is 0 Å². The third kappa shape index (κ3) is 3.72. The van der Waals surface area contributed by atoms with Crippen LogP contribution >= 0.6 is 20.7 Å². The van der Waals surface area contributed by atoms with Gasteiger partial charge in [0.25, 0.3) is 5.91 Å². The van der Waals surface area contributed by atoms with Gasteiger partial charge in [-0.15, -0.1) is 0 Å². The molecule has 0 fully saturated rings. The van der Waals surface area contributed by atoms with Crippen LogP contribution in [0.4, 0.5) is 0 Å². The molecule has 1 rings (SSSR count). The molecule has 0 aromatic rings. The second kappa shape index (κ2) is 6.60. The van der Waals surface area contributed by atoms with Crippen LogP contribution in [0.1, 0.15) is 6.92 Å². The van der Waals surface area contributed by atoms with Crippen LogP contribution < -0.4 is 10.6 Å². The number of hydrogen-bond donors (Lipinski definition) is 3. The smallest absolute Gasteiger partial charge is 0.320 e. The zero-order valence-corrected chi connectivity index (χ0v) is 12.7. The Morgan fingerprint density at radius 3 is 2.58 bits per heavy atom. The van der Waals surface area contributed by atoms with Gasteiger partial charge < -0.3 is 15.7 Å². The normalized spacial score (nSPS) is 16.6. The molecule has 0 saturated heterocycles. The highest BCUT2D eigenvalue weighted by molar-refractivity contribution is 14.2. The van der Waals surface area contributed by atoms with E-state index in [-0.39, 0.29) is 33.2 Å². The van der Waals surface area contributed by atoms with Crippen LogP contribution in [-0.4, -0.2) is 40.5 Å². The molecular formula is C12H15IN2O4. The van der Waals surface area contributed by atoms with Gasteiger partial charge in [-0.05, 0) is 27.2 Å². The summed E-state index contributed by atoms with van der Waals surface area (Å²) in [5.74, 6) is -2.31. The number of hydrogen-bond acceptors (Lipinski definition) is 3. The van der Waals surface area contributed by atoms with Crippen molar-refractivity contribution >= 4 is 42.5 Å². The van der Waals surface area contributed by atoms with E-state index < -0.39 is 17.3 Å².